The minimum atomic E-state index is -4.33. The summed E-state index contributed by atoms with van der Waals surface area (Å²) in [4.78, 5) is 12.7. The zero-order valence-corrected chi connectivity index (χ0v) is 16.0. The molecule has 0 unspecified atom stereocenters. The molecule has 0 atom stereocenters. The lowest BCUT2D eigenvalue weighted by molar-refractivity contribution is -0.137. The number of alkyl halides is 3. The minimum absolute atomic E-state index is 0.356. The van der Waals surface area contributed by atoms with Crippen LogP contribution in [0.25, 0.3) is 5.82 Å². The monoisotopic (exact) mass is 402 g/mol. The molecule has 6 nitrogen and oxygen atoms in total. The first-order valence-electron chi connectivity index (χ1n) is 8.93. The van der Waals surface area contributed by atoms with Gasteiger partial charge in [-0.1, -0.05) is 18.2 Å². The SMILES string of the molecule is CN=C(NCc1ccc(C(F)(F)F)cc1)NCc1ccc(-n2ccnc2C)nc1. The molecule has 0 radical (unpaired) electrons. The van der Waals surface area contributed by atoms with Crippen LogP contribution in [0.15, 0.2) is 60.0 Å². The van der Waals surface area contributed by atoms with Gasteiger partial charge >= 0.3 is 6.18 Å². The van der Waals surface area contributed by atoms with Gasteiger partial charge in [0.1, 0.15) is 11.6 Å². The van der Waals surface area contributed by atoms with Crippen molar-refractivity contribution < 1.29 is 13.2 Å². The summed E-state index contributed by atoms with van der Waals surface area (Å²) in [6.45, 7) is 2.77. The first-order valence-corrected chi connectivity index (χ1v) is 8.93. The van der Waals surface area contributed by atoms with E-state index >= 15 is 0 Å². The molecule has 0 saturated heterocycles. The van der Waals surface area contributed by atoms with E-state index in [9.17, 15) is 13.2 Å². The number of nitrogens with one attached hydrogen (secondary N) is 2. The molecule has 3 aromatic rings. The van der Waals surface area contributed by atoms with Crippen molar-refractivity contribution >= 4 is 5.96 Å². The van der Waals surface area contributed by atoms with Gasteiger partial charge in [-0.05, 0) is 36.2 Å². The summed E-state index contributed by atoms with van der Waals surface area (Å²) in [6, 6.07) is 8.90. The van der Waals surface area contributed by atoms with Crippen molar-refractivity contribution in [3.8, 4) is 5.82 Å². The van der Waals surface area contributed by atoms with Crippen LogP contribution in [-0.4, -0.2) is 27.5 Å². The average Bonchev–Trinajstić information content (AvgIpc) is 3.14. The highest BCUT2D eigenvalue weighted by molar-refractivity contribution is 5.79. The number of nitrogens with zero attached hydrogens (tertiary/aromatic N) is 4. The minimum Gasteiger partial charge on any atom is -0.352 e. The largest absolute Gasteiger partial charge is 0.416 e. The normalized spacial score (nSPS) is 12.1. The van der Waals surface area contributed by atoms with Crippen molar-refractivity contribution in [1.82, 2.24) is 25.2 Å². The molecule has 2 N–H and O–H groups in total. The molecule has 0 amide bonds. The van der Waals surface area contributed by atoms with Gasteiger partial charge in [0, 0.05) is 38.7 Å². The number of halogens is 3. The van der Waals surface area contributed by atoms with Gasteiger partial charge in [-0.3, -0.25) is 9.56 Å². The van der Waals surface area contributed by atoms with Crippen LogP contribution in [0.3, 0.4) is 0 Å². The fourth-order valence-electron chi connectivity index (χ4n) is 2.69. The van der Waals surface area contributed by atoms with E-state index in [0.717, 1.165) is 34.9 Å². The third-order valence-corrected chi connectivity index (χ3v) is 4.31. The number of rotatable bonds is 5. The highest BCUT2D eigenvalue weighted by Crippen LogP contribution is 2.29. The summed E-state index contributed by atoms with van der Waals surface area (Å²) >= 11 is 0. The van der Waals surface area contributed by atoms with E-state index < -0.39 is 11.7 Å². The van der Waals surface area contributed by atoms with Crippen LogP contribution in [0.4, 0.5) is 13.2 Å². The Morgan fingerprint density at radius 2 is 1.66 bits per heavy atom. The second kappa shape index (κ2) is 8.76. The molecule has 0 aliphatic heterocycles. The smallest absolute Gasteiger partial charge is 0.352 e. The predicted octanol–water partition coefficient (Wildman–Crippen LogP) is 3.46. The highest BCUT2D eigenvalue weighted by atomic mass is 19.4. The number of aryl methyl sites for hydroxylation is 1. The molecule has 0 spiro atoms. The summed E-state index contributed by atoms with van der Waals surface area (Å²) in [5.41, 5.74) is 1.03. The Morgan fingerprint density at radius 3 is 2.17 bits per heavy atom. The van der Waals surface area contributed by atoms with E-state index in [1.807, 2.05) is 29.8 Å². The molecular formula is C20H21F3N6. The topological polar surface area (TPSA) is 67.1 Å². The summed E-state index contributed by atoms with van der Waals surface area (Å²) in [6.07, 6.45) is 1.01. The molecule has 2 aromatic heterocycles. The van der Waals surface area contributed by atoms with E-state index in [0.29, 0.717) is 19.0 Å². The van der Waals surface area contributed by atoms with Crippen LogP contribution >= 0.6 is 0 Å². The van der Waals surface area contributed by atoms with Crippen molar-refractivity contribution in [2.75, 3.05) is 7.05 Å². The fourth-order valence-corrected chi connectivity index (χ4v) is 2.69. The maximum Gasteiger partial charge on any atom is 0.416 e. The molecule has 2 heterocycles. The zero-order chi connectivity index (χ0) is 20.9. The summed E-state index contributed by atoms with van der Waals surface area (Å²) in [5, 5.41) is 6.24. The Morgan fingerprint density at radius 1 is 1.00 bits per heavy atom. The third kappa shape index (κ3) is 5.34. The fraction of sp³-hybridized carbons (Fsp3) is 0.250. The molecule has 0 fully saturated rings. The first kappa shape index (κ1) is 20.4. The van der Waals surface area contributed by atoms with Crippen LogP contribution < -0.4 is 10.6 Å². The molecular weight excluding hydrogens is 381 g/mol. The second-order valence-corrected chi connectivity index (χ2v) is 6.34. The lowest BCUT2D eigenvalue weighted by Crippen LogP contribution is -2.36. The Kier molecular flexibility index (Phi) is 6.16. The maximum absolute atomic E-state index is 12.6. The number of hydrogen-bond acceptors (Lipinski definition) is 3. The quantitative estimate of drug-likeness (QED) is 0.507. The molecule has 1 aromatic carbocycles. The third-order valence-electron chi connectivity index (χ3n) is 4.31. The Hall–Kier alpha value is -3.36. The summed E-state index contributed by atoms with van der Waals surface area (Å²) in [7, 11) is 1.63. The molecule has 9 heteroatoms. The van der Waals surface area contributed by atoms with Crippen LogP contribution in [0.2, 0.25) is 0 Å². The Balaban J connectivity index is 1.52. The van der Waals surface area contributed by atoms with E-state index in [1.54, 1.807) is 19.4 Å². The molecule has 0 aliphatic rings. The van der Waals surface area contributed by atoms with E-state index in [-0.39, 0.29) is 0 Å². The van der Waals surface area contributed by atoms with Crippen molar-refractivity contribution in [2.24, 2.45) is 4.99 Å². The van der Waals surface area contributed by atoms with E-state index in [2.05, 4.69) is 25.6 Å². The number of aliphatic imine (C=N–C) groups is 1. The van der Waals surface area contributed by atoms with Gasteiger partial charge in [-0.2, -0.15) is 13.2 Å². The van der Waals surface area contributed by atoms with Gasteiger partial charge < -0.3 is 10.6 Å². The number of guanidine groups is 1. The highest BCUT2D eigenvalue weighted by Gasteiger charge is 2.29. The van der Waals surface area contributed by atoms with Crippen LogP contribution in [0.1, 0.15) is 22.5 Å². The lowest BCUT2D eigenvalue weighted by Gasteiger charge is -2.13. The van der Waals surface area contributed by atoms with Crippen LogP contribution in [0.5, 0.6) is 0 Å². The van der Waals surface area contributed by atoms with E-state index in [1.165, 1.54) is 12.1 Å². The molecule has 0 aliphatic carbocycles. The first-order chi connectivity index (χ1) is 13.9. The van der Waals surface area contributed by atoms with Crippen molar-refractivity contribution in [1.29, 1.82) is 0 Å². The summed E-state index contributed by atoms with van der Waals surface area (Å²) < 4.78 is 39.8. The molecule has 152 valence electrons. The van der Waals surface area contributed by atoms with Gasteiger partial charge in [-0.25, -0.2) is 9.97 Å². The van der Waals surface area contributed by atoms with Gasteiger partial charge in [0.2, 0.25) is 0 Å². The average molecular weight is 402 g/mol. The van der Waals surface area contributed by atoms with Gasteiger partial charge in [0.25, 0.3) is 0 Å². The number of imidazole rings is 1. The number of hydrogen-bond donors (Lipinski definition) is 2. The van der Waals surface area contributed by atoms with E-state index in [4.69, 9.17) is 0 Å². The van der Waals surface area contributed by atoms with Crippen LogP contribution in [-0.2, 0) is 19.3 Å². The Labute approximate surface area is 166 Å². The second-order valence-electron chi connectivity index (χ2n) is 6.34. The zero-order valence-electron chi connectivity index (χ0n) is 16.0. The number of benzene rings is 1. The lowest BCUT2D eigenvalue weighted by atomic mass is 10.1. The molecule has 3 rings (SSSR count). The molecule has 29 heavy (non-hydrogen) atoms. The van der Waals surface area contributed by atoms with Crippen molar-refractivity contribution in [2.45, 2.75) is 26.2 Å². The molecule has 0 saturated carbocycles. The number of pyridine rings is 1. The summed E-state index contributed by atoms with van der Waals surface area (Å²) in [5.74, 6) is 2.18. The predicted molar refractivity (Wildman–Crippen MR) is 105 cm³/mol. The standard InChI is InChI=1S/C20H21F3N6/c1-14-25-9-10-29(14)18-8-5-16(12-26-18)13-28-19(24-2)27-11-15-3-6-17(7-4-15)20(21,22)23/h3-10,12H,11,13H2,1-2H3,(H2,24,27,28). The molecule has 0 bridgehead atoms. The van der Waals surface area contributed by atoms with Crippen LogP contribution in [0, 0.1) is 6.92 Å². The van der Waals surface area contributed by atoms with Crippen molar-refractivity contribution in [3.63, 3.8) is 0 Å². The Bertz CT molecular complexity index is 959. The van der Waals surface area contributed by atoms with Gasteiger partial charge in [0.15, 0.2) is 5.96 Å². The van der Waals surface area contributed by atoms with Crippen molar-refractivity contribution in [3.05, 3.63) is 77.5 Å². The number of aromatic nitrogens is 3. The van der Waals surface area contributed by atoms with Gasteiger partial charge in [0.05, 0.1) is 5.56 Å². The van der Waals surface area contributed by atoms with Gasteiger partial charge in [-0.15, -0.1) is 0 Å². The maximum atomic E-state index is 12.6.